The minimum absolute atomic E-state index is 0.0622. The lowest BCUT2D eigenvalue weighted by molar-refractivity contribution is -0.160. The van der Waals surface area contributed by atoms with Crippen molar-refractivity contribution >= 4 is 22.8 Å². The van der Waals surface area contributed by atoms with E-state index in [1.807, 2.05) is 60.4 Å². The van der Waals surface area contributed by atoms with Crippen LogP contribution in [0.15, 0.2) is 59.2 Å². The molecule has 0 spiro atoms. The molecule has 3 aromatic rings. The third-order valence-corrected chi connectivity index (χ3v) is 5.39. The van der Waals surface area contributed by atoms with Crippen LogP contribution < -0.4 is 0 Å². The molecule has 29 heavy (non-hydrogen) atoms. The van der Waals surface area contributed by atoms with Gasteiger partial charge in [-0.1, -0.05) is 42.5 Å². The summed E-state index contributed by atoms with van der Waals surface area (Å²) in [5.41, 5.74) is 3.31. The van der Waals surface area contributed by atoms with Gasteiger partial charge in [-0.2, -0.15) is 0 Å². The van der Waals surface area contributed by atoms with Crippen LogP contribution in [0.4, 0.5) is 0 Å². The van der Waals surface area contributed by atoms with Crippen LogP contribution >= 0.6 is 0 Å². The Hall–Kier alpha value is -3.08. The van der Waals surface area contributed by atoms with Crippen molar-refractivity contribution in [3.63, 3.8) is 0 Å². The maximum absolute atomic E-state index is 13.1. The Bertz CT molecular complexity index is 1000. The predicted octanol–water partition coefficient (Wildman–Crippen LogP) is 4.58. The fourth-order valence-electron chi connectivity index (χ4n) is 3.82. The zero-order chi connectivity index (χ0) is 20.2. The highest BCUT2D eigenvalue weighted by molar-refractivity contribution is 5.88. The van der Waals surface area contributed by atoms with Crippen LogP contribution in [0.5, 0.6) is 0 Å². The van der Waals surface area contributed by atoms with Gasteiger partial charge < -0.3 is 14.1 Å². The molecule has 0 aliphatic carbocycles. The Morgan fingerprint density at radius 1 is 1.07 bits per heavy atom. The van der Waals surface area contributed by atoms with E-state index in [4.69, 9.17) is 9.15 Å². The lowest BCUT2D eigenvalue weighted by Gasteiger charge is -2.30. The fraction of sp³-hybridized carbons (Fsp3) is 0.333. The van der Waals surface area contributed by atoms with Gasteiger partial charge in [0.1, 0.15) is 5.58 Å². The largest absolute Gasteiger partial charge is 0.464 e. The number of piperidine rings is 1. The molecule has 1 saturated heterocycles. The average Bonchev–Trinajstić information content (AvgIpc) is 3.14. The van der Waals surface area contributed by atoms with Gasteiger partial charge in [0, 0.05) is 29.6 Å². The molecule has 2 heterocycles. The average molecular weight is 391 g/mol. The molecule has 5 nitrogen and oxygen atoms in total. The maximum atomic E-state index is 13.1. The highest BCUT2D eigenvalue weighted by Crippen LogP contribution is 2.26. The third kappa shape index (κ3) is 4.34. The Morgan fingerprint density at radius 2 is 1.83 bits per heavy atom. The number of amides is 1. The lowest BCUT2D eigenvalue weighted by atomic mass is 10.1. The predicted molar refractivity (Wildman–Crippen MR) is 110 cm³/mol. The molecule has 0 saturated carbocycles. The van der Waals surface area contributed by atoms with Crippen molar-refractivity contribution < 1.29 is 18.7 Å². The Balaban J connectivity index is 1.53. The number of carbonyl (C=O) groups is 2. The fourth-order valence-corrected chi connectivity index (χ4v) is 3.82. The van der Waals surface area contributed by atoms with Crippen LogP contribution in [0.3, 0.4) is 0 Å². The van der Waals surface area contributed by atoms with Crippen molar-refractivity contribution in [3.8, 4) is 0 Å². The molecule has 150 valence electrons. The van der Waals surface area contributed by atoms with Crippen molar-refractivity contribution in [2.75, 3.05) is 13.1 Å². The highest BCUT2D eigenvalue weighted by Gasteiger charge is 2.30. The number of fused-ring (bicyclic) bond motifs is 1. The van der Waals surface area contributed by atoms with Crippen molar-refractivity contribution in [3.05, 3.63) is 71.5 Å². The number of likely N-dealkylation sites (tertiary alicyclic amines) is 1. The number of hydrogen-bond acceptors (Lipinski definition) is 4. The van der Waals surface area contributed by atoms with Crippen LogP contribution in [-0.2, 0) is 20.7 Å². The number of hydrogen-bond donors (Lipinski definition) is 0. The molecule has 0 radical (unpaired) electrons. The van der Waals surface area contributed by atoms with E-state index in [0.717, 1.165) is 41.4 Å². The number of nitrogens with zero attached hydrogens (tertiary/aromatic N) is 1. The number of furan rings is 1. The number of carbonyl (C=O) groups excluding carboxylic acids is 2. The molecule has 1 fully saturated rings. The molecule has 0 bridgehead atoms. The van der Waals surface area contributed by atoms with Crippen molar-refractivity contribution in [1.29, 1.82) is 0 Å². The molecule has 1 aromatic heterocycles. The molecule has 4 rings (SSSR count). The summed E-state index contributed by atoms with van der Waals surface area (Å²) in [7, 11) is 0. The SMILES string of the molecule is Cc1ccc2c(CC(=O)O[C@H](C(=O)N3CCCCC3)c3ccccc3)coc2c1. The van der Waals surface area contributed by atoms with Gasteiger partial charge in [0.15, 0.2) is 0 Å². The van der Waals surface area contributed by atoms with Gasteiger partial charge >= 0.3 is 5.97 Å². The summed E-state index contributed by atoms with van der Waals surface area (Å²) >= 11 is 0. The van der Waals surface area contributed by atoms with Gasteiger partial charge in [-0.25, -0.2) is 0 Å². The summed E-state index contributed by atoms with van der Waals surface area (Å²) in [6, 6.07) is 15.1. The van der Waals surface area contributed by atoms with E-state index in [2.05, 4.69) is 0 Å². The van der Waals surface area contributed by atoms with E-state index in [1.54, 1.807) is 6.26 Å². The van der Waals surface area contributed by atoms with Crippen molar-refractivity contribution in [2.45, 2.75) is 38.7 Å². The second-order valence-corrected chi connectivity index (χ2v) is 7.60. The van der Waals surface area contributed by atoms with Gasteiger partial charge in [-0.3, -0.25) is 9.59 Å². The summed E-state index contributed by atoms with van der Waals surface area (Å²) in [6.45, 7) is 3.42. The molecule has 2 aromatic carbocycles. The van der Waals surface area contributed by atoms with Crippen LogP contribution in [-0.4, -0.2) is 29.9 Å². The standard InChI is InChI=1S/C24H25NO4/c1-17-10-11-20-19(16-28-21(20)14-17)15-22(26)29-23(18-8-4-2-5-9-18)24(27)25-12-6-3-7-13-25/h2,4-5,8-11,14,16,23H,3,6-7,12-13,15H2,1H3/t23-/m0/s1. The number of aryl methyl sites for hydroxylation is 1. The topological polar surface area (TPSA) is 59.8 Å². The van der Waals surface area contributed by atoms with Crippen LogP contribution in [0.25, 0.3) is 11.0 Å². The van der Waals surface area contributed by atoms with Gasteiger partial charge in [0.2, 0.25) is 6.10 Å². The van der Waals surface area contributed by atoms with Crippen molar-refractivity contribution in [1.82, 2.24) is 4.90 Å². The van der Waals surface area contributed by atoms with E-state index < -0.39 is 12.1 Å². The minimum atomic E-state index is -0.915. The van der Waals surface area contributed by atoms with Gasteiger partial charge in [-0.05, 0) is 37.8 Å². The first-order valence-corrected chi connectivity index (χ1v) is 10.1. The lowest BCUT2D eigenvalue weighted by Crippen LogP contribution is -2.40. The van der Waals surface area contributed by atoms with Gasteiger partial charge in [0.05, 0.1) is 12.7 Å². The summed E-state index contributed by atoms with van der Waals surface area (Å²) < 4.78 is 11.3. The molecular formula is C24H25NO4. The molecular weight excluding hydrogens is 366 g/mol. The van der Waals surface area contributed by atoms with Crippen LogP contribution in [0, 0.1) is 6.92 Å². The van der Waals surface area contributed by atoms with E-state index in [1.165, 1.54) is 0 Å². The number of ether oxygens (including phenoxy) is 1. The number of benzene rings is 2. The van der Waals surface area contributed by atoms with Gasteiger partial charge in [0.25, 0.3) is 5.91 Å². The third-order valence-electron chi connectivity index (χ3n) is 5.39. The summed E-state index contributed by atoms with van der Waals surface area (Å²) in [5, 5.41) is 0.895. The maximum Gasteiger partial charge on any atom is 0.311 e. The Labute approximate surface area is 170 Å². The first kappa shape index (κ1) is 19.2. The Kier molecular flexibility index (Phi) is 5.65. The second-order valence-electron chi connectivity index (χ2n) is 7.60. The Morgan fingerprint density at radius 3 is 2.59 bits per heavy atom. The second kappa shape index (κ2) is 8.52. The smallest absolute Gasteiger partial charge is 0.311 e. The van der Waals surface area contributed by atoms with E-state index in [9.17, 15) is 9.59 Å². The van der Waals surface area contributed by atoms with Crippen LogP contribution in [0.1, 0.15) is 42.1 Å². The number of rotatable bonds is 5. The van der Waals surface area contributed by atoms with Crippen LogP contribution in [0.2, 0.25) is 0 Å². The molecule has 0 unspecified atom stereocenters. The minimum Gasteiger partial charge on any atom is -0.464 e. The number of esters is 1. The van der Waals surface area contributed by atoms with E-state index in [-0.39, 0.29) is 12.3 Å². The summed E-state index contributed by atoms with van der Waals surface area (Å²) in [5.74, 6) is -0.579. The first-order chi connectivity index (χ1) is 14.1. The molecule has 1 aliphatic heterocycles. The first-order valence-electron chi connectivity index (χ1n) is 10.1. The zero-order valence-electron chi connectivity index (χ0n) is 16.6. The molecule has 1 atom stereocenters. The summed E-state index contributed by atoms with van der Waals surface area (Å²) in [6.07, 6.45) is 3.85. The van der Waals surface area contributed by atoms with E-state index in [0.29, 0.717) is 18.7 Å². The zero-order valence-corrected chi connectivity index (χ0v) is 16.6. The monoisotopic (exact) mass is 391 g/mol. The highest BCUT2D eigenvalue weighted by atomic mass is 16.5. The van der Waals surface area contributed by atoms with Gasteiger partial charge in [-0.15, -0.1) is 0 Å². The summed E-state index contributed by atoms with van der Waals surface area (Å²) in [4.78, 5) is 27.7. The molecule has 1 amide bonds. The molecule has 5 heteroatoms. The molecule has 1 aliphatic rings. The quantitative estimate of drug-likeness (QED) is 0.597. The molecule has 0 N–H and O–H groups in total. The van der Waals surface area contributed by atoms with Crippen molar-refractivity contribution in [2.24, 2.45) is 0 Å². The normalized spacial score (nSPS) is 15.3. The van der Waals surface area contributed by atoms with E-state index >= 15 is 0 Å².